The van der Waals surface area contributed by atoms with Crippen molar-refractivity contribution >= 4 is 11.7 Å². The molecule has 1 amide bonds. The monoisotopic (exact) mass is 436 g/mol. The molecule has 4 rings (SSSR count). The van der Waals surface area contributed by atoms with Crippen molar-refractivity contribution in [2.24, 2.45) is 0 Å². The molecule has 1 aliphatic rings. The number of nitriles is 1. The molecule has 0 bridgehead atoms. The van der Waals surface area contributed by atoms with Gasteiger partial charge in [-0.05, 0) is 19.1 Å². The smallest absolute Gasteiger partial charge is 0.284 e. The number of hydroxylamine groups is 1. The summed E-state index contributed by atoms with van der Waals surface area (Å²) in [7, 11) is 0. The summed E-state index contributed by atoms with van der Waals surface area (Å²) in [5.41, 5.74) is 9.37. The fraction of sp³-hybridized carbons (Fsp3) is 0.286. The molecule has 2 aromatic heterocycles. The van der Waals surface area contributed by atoms with Gasteiger partial charge < -0.3 is 19.6 Å². The lowest BCUT2D eigenvalue weighted by atomic mass is 10.1. The number of amides is 1. The molecule has 3 N–H and O–H groups in total. The van der Waals surface area contributed by atoms with E-state index in [1.54, 1.807) is 31.2 Å². The van der Waals surface area contributed by atoms with Crippen LogP contribution >= 0.6 is 0 Å². The first-order valence-electron chi connectivity index (χ1n) is 9.83. The van der Waals surface area contributed by atoms with Crippen LogP contribution < -0.4 is 16.0 Å². The number of ether oxygens (including phenoxy) is 2. The predicted molar refractivity (Wildman–Crippen MR) is 110 cm³/mol. The van der Waals surface area contributed by atoms with Crippen molar-refractivity contribution in [1.82, 2.24) is 20.4 Å². The van der Waals surface area contributed by atoms with Gasteiger partial charge >= 0.3 is 0 Å². The third kappa shape index (κ3) is 4.66. The Morgan fingerprint density at radius 2 is 2.28 bits per heavy atom. The average molecular weight is 436 g/mol. The van der Waals surface area contributed by atoms with Gasteiger partial charge in [0, 0.05) is 12.0 Å². The van der Waals surface area contributed by atoms with Crippen LogP contribution in [0.25, 0.3) is 11.4 Å². The molecule has 2 atom stereocenters. The third-order valence-electron chi connectivity index (χ3n) is 4.67. The Bertz CT molecular complexity index is 1140. The fourth-order valence-corrected chi connectivity index (χ4v) is 3.05. The molecule has 3 heterocycles. The van der Waals surface area contributed by atoms with Gasteiger partial charge in [0.25, 0.3) is 5.91 Å². The zero-order chi connectivity index (χ0) is 22.5. The molecule has 1 unspecified atom stereocenters. The Balaban J connectivity index is 1.63. The Morgan fingerprint density at radius 1 is 1.41 bits per heavy atom. The quantitative estimate of drug-likeness (QED) is 0.526. The number of nitrogens with one attached hydrogen (secondary N) is 1. The fourth-order valence-electron chi connectivity index (χ4n) is 3.05. The molecule has 0 saturated carbocycles. The van der Waals surface area contributed by atoms with Crippen LogP contribution in [0.15, 0.2) is 41.1 Å². The molecule has 11 nitrogen and oxygen atoms in total. The minimum Gasteiger partial charge on any atom is -0.471 e. The van der Waals surface area contributed by atoms with Gasteiger partial charge in [-0.1, -0.05) is 12.1 Å². The van der Waals surface area contributed by atoms with E-state index in [1.807, 2.05) is 0 Å². The first kappa shape index (κ1) is 21.2. The summed E-state index contributed by atoms with van der Waals surface area (Å²) in [6, 6.07) is 8.79. The highest BCUT2D eigenvalue weighted by atomic mass is 16.7. The van der Waals surface area contributed by atoms with Crippen LogP contribution in [-0.4, -0.2) is 40.2 Å². The van der Waals surface area contributed by atoms with Crippen molar-refractivity contribution < 1.29 is 23.5 Å². The van der Waals surface area contributed by atoms with E-state index < -0.39 is 12.0 Å². The van der Waals surface area contributed by atoms with Gasteiger partial charge in [-0.2, -0.15) is 10.2 Å². The maximum atomic E-state index is 12.9. The normalized spacial score (nSPS) is 16.3. The van der Waals surface area contributed by atoms with Crippen LogP contribution in [0, 0.1) is 11.3 Å². The van der Waals surface area contributed by atoms with Crippen molar-refractivity contribution in [2.75, 3.05) is 18.9 Å². The number of anilines is 1. The zero-order valence-electron chi connectivity index (χ0n) is 17.1. The van der Waals surface area contributed by atoms with E-state index in [2.05, 4.69) is 26.5 Å². The summed E-state index contributed by atoms with van der Waals surface area (Å²) in [6.07, 6.45) is 2.58. The van der Waals surface area contributed by atoms with Gasteiger partial charge in [0.2, 0.25) is 11.8 Å². The standard InChI is InChI=1S/C21H20N6O5/c1-12(20-24-6-8-30-20)32-27-19(28)16-17(23)25-18(14-4-2-3-13(9-14)10-22)26-21(16)31-15-5-7-29-11-15/h2-4,6,8-9,12,15H,5,7,11H2,1H3,(H,27,28)(H2,23,25,26)/t12?,15-/m0/s1. The van der Waals surface area contributed by atoms with E-state index in [4.69, 9.17) is 29.7 Å². The van der Waals surface area contributed by atoms with Crippen molar-refractivity contribution in [3.63, 3.8) is 0 Å². The van der Waals surface area contributed by atoms with Gasteiger partial charge in [0.1, 0.15) is 23.7 Å². The lowest BCUT2D eigenvalue weighted by molar-refractivity contribution is -0.0201. The maximum Gasteiger partial charge on any atom is 0.284 e. The van der Waals surface area contributed by atoms with Gasteiger partial charge in [-0.15, -0.1) is 0 Å². The number of oxazole rings is 1. The predicted octanol–water partition coefficient (Wildman–Crippen LogP) is 2.18. The topological polar surface area (TPSA) is 158 Å². The number of rotatable bonds is 7. The summed E-state index contributed by atoms with van der Waals surface area (Å²) in [5, 5.41) is 9.17. The highest BCUT2D eigenvalue weighted by Crippen LogP contribution is 2.28. The number of carbonyl (C=O) groups excluding carboxylic acids is 1. The van der Waals surface area contributed by atoms with Crippen molar-refractivity contribution in [3.05, 3.63) is 53.7 Å². The number of hydrogen-bond donors (Lipinski definition) is 2. The Labute approximate surface area is 183 Å². The van der Waals surface area contributed by atoms with E-state index in [1.165, 1.54) is 12.5 Å². The van der Waals surface area contributed by atoms with Crippen molar-refractivity contribution in [3.8, 4) is 23.3 Å². The summed E-state index contributed by atoms with van der Waals surface area (Å²) >= 11 is 0. The van der Waals surface area contributed by atoms with E-state index in [0.717, 1.165) is 0 Å². The van der Waals surface area contributed by atoms with Crippen molar-refractivity contribution in [1.29, 1.82) is 5.26 Å². The molecule has 0 aliphatic carbocycles. The molecule has 164 valence electrons. The van der Waals surface area contributed by atoms with Gasteiger partial charge in [0.05, 0.1) is 31.0 Å². The van der Waals surface area contributed by atoms with E-state index in [9.17, 15) is 4.79 Å². The highest BCUT2D eigenvalue weighted by Gasteiger charge is 2.27. The molecule has 3 aromatic rings. The van der Waals surface area contributed by atoms with Crippen LogP contribution in [0.5, 0.6) is 5.88 Å². The Kier molecular flexibility index (Phi) is 6.25. The highest BCUT2D eigenvalue weighted by molar-refractivity contribution is 6.00. The van der Waals surface area contributed by atoms with E-state index >= 15 is 0 Å². The summed E-state index contributed by atoms with van der Waals surface area (Å²) < 4.78 is 16.4. The molecule has 1 saturated heterocycles. The number of carbonyl (C=O) groups is 1. The summed E-state index contributed by atoms with van der Waals surface area (Å²) in [4.78, 5) is 30.9. The van der Waals surface area contributed by atoms with Crippen LogP contribution in [-0.2, 0) is 9.57 Å². The molecule has 0 radical (unpaired) electrons. The van der Waals surface area contributed by atoms with E-state index in [-0.39, 0.29) is 29.2 Å². The lowest BCUT2D eigenvalue weighted by Gasteiger charge is -2.17. The second-order valence-electron chi connectivity index (χ2n) is 6.97. The third-order valence-corrected chi connectivity index (χ3v) is 4.67. The molecule has 0 spiro atoms. The van der Waals surface area contributed by atoms with Crippen LogP contribution in [0.4, 0.5) is 5.82 Å². The number of nitrogens with two attached hydrogens (primary N) is 1. The molecule has 32 heavy (non-hydrogen) atoms. The number of nitrogen functional groups attached to an aromatic ring is 1. The second kappa shape index (κ2) is 9.42. The van der Waals surface area contributed by atoms with Crippen LogP contribution in [0.1, 0.15) is 41.3 Å². The second-order valence-corrected chi connectivity index (χ2v) is 6.97. The zero-order valence-corrected chi connectivity index (χ0v) is 17.1. The number of hydrogen-bond acceptors (Lipinski definition) is 10. The number of benzene rings is 1. The van der Waals surface area contributed by atoms with Crippen molar-refractivity contribution in [2.45, 2.75) is 25.6 Å². The van der Waals surface area contributed by atoms with Crippen LogP contribution in [0.2, 0.25) is 0 Å². The Hall–Kier alpha value is -4.01. The maximum absolute atomic E-state index is 12.9. The van der Waals surface area contributed by atoms with Gasteiger partial charge in [-0.3, -0.25) is 9.63 Å². The van der Waals surface area contributed by atoms with Gasteiger partial charge in [0.15, 0.2) is 11.9 Å². The first-order chi connectivity index (χ1) is 15.5. The first-order valence-corrected chi connectivity index (χ1v) is 9.83. The average Bonchev–Trinajstić information content (AvgIpc) is 3.51. The van der Waals surface area contributed by atoms with Crippen LogP contribution in [0.3, 0.4) is 0 Å². The minimum atomic E-state index is -0.688. The van der Waals surface area contributed by atoms with E-state index in [0.29, 0.717) is 36.7 Å². The molecular weight excluding hydrogens is 416 g/mol. The molecule has 11 heteroatoms. The largest absolute Gasteiger partial charge is 0.471 e. The lowest BCUT2D eigenvalue weighted by Crippen LogP contribution is -2.28. The number of nitrogens with zero attached hydrogens (tertiary/aromatic N) is 4. The molecule has 1 aromatic carbocycles. The summed E-state index contributed by atoms with van der Waals surface area (Å²) in [6.45, 7) is 2.56. The minimum absolute atomic E-state index is 0.00441. The summed E-state index contributed by atoms with van der Waals surface area (Å²) in [5.74, 6) is -0.278. The molecular formula is C21H20N6O5. The molecule has 1 aliphatic heterocycles. The Morgan fingerprint density at radius 3 is 3.00 bits per heavy atom. The SMILES string of the molecule is CC(ONC(=O)c1c(N)nc(-c2cccc(C#N)c2)nc1O[C@H]1CCOC1)c1ncco1. The number of aromatic nitrogens is 3. The van der Waals surface area contributed by atoms with Gasteiger partial charge in [-0.25, -0.2) is 15.4 Å². The molecule has 1 fully saturated rings.